The van der Waals surface area contributed by atoms with Gasteiger partial charge in [0.2, 0.25) is 0 Å². The summed E-state index contributed by atoms with van der Waals surface area (Å²) in [7, 11) is 1.77. The number of nitrogens with zero attached hydrogens (tertiary/aromatic N) is 1. The summed E-state index contributed by atoms with van der Waals surface area (Å²) < 4.78 is 5.43. The third-order valence-electron chi connectivity index (χ3n) is 3.45. The van der Waals surface area contributed by atoms with Crippen LogP contribution in [0.25, 0.3) is 0 Å². The van der Waals surface area contributed by atoms with Crippen molar-refractivity contribution in [2.45, 2.75) is 66.2 Å². The lowest BCUT2D eigenvalue weighted by molar-refractivity contribution is 0.0234. The van der Waals surface area contributed by atoms with Gasteiger partial charge in [-0.1, -0.05) is 12.1 Å². The Balaban J connectivity index is 2.92. The fourth-order valence-corrected chi connectivity index (χ4v) is 2.08. The highest BCUT2D eigenvalue weighted by molar-refractivity contribution is 5.68. The van der Waals surface area contributed by atoms with Crippen LogP contribution >= 0.6 is 0 Å². The molecule has 1 rings (SSSR count). The highest BCUT2D eigenvalue weighted by Crippen LogP contribution is 2.26. The molecule has 4 heteroatoms. The van der Waals surface area contributed by atoms with E-state index in [-0.39, 0.29) is 12.1 Å². The Labute approximate surface area is 134 Å². The summed E-state index contributed by atoms with van der Waals surface area (Å²) in [4.78, 5) is 13.8. The fourth-order valence-electron chi connectivity index (χ4n) is 2.08. The highest BCUT2D eigenvalue weighted by atomic mass is 16.6. The molecule has 0 aromatic heterocycles. The van der Waals surface area contributed by atoms with E-state index in [0.29, 0.717) is 6.04 Å². The van der Waals surface area contributed by atoms with Crippen molar-refractivity contribution < 1.29 is 9.53 Å². The van der Waals surface area contributed by atoms with Crippen LogP contribution < -0.4 is 5.32 Å². The molecule has 0 spiro atoms. The maximum absolute atomic E-state index is 12.2. The molecule has 1 N–H and O–H groups in total. The molecule has 1 aromatic carbocycles. The Morgan fingerprint density at radius 1 is 1.23 bits per heavy atom. The minimum atomic E-state index is -0.483. The summed E-state index contributed by atoms with van der Waals surface area (Å²) in [5.41, 5.74) is 2.91. The van der Waals surface area contributed by atoms with E-state index in [1.807, 2.05) is 27.7 Å². The van der Waals surface area contributed by atoms with Gasteiger partial charge in [-0.3, -0.25) is 0 Å². The van der Waals surface area contributed by atoms with Crippen molar-refractivity contribution in [2.75, 3.05) is 12.4 Å². The summed E-state index contributed by atoms with van der Waals surface area (Å²) in [5.74, 6) is 0. The molecule has 0 radical (unpaired) electrons. The Kier molecular flexibility index (Phi) is 5.86. The highest BCUT2D eigenvalue weighted by Gasteiger charge is 2.24. The maximum Gasteiger partial charge on any atom is 0.410 e. The first kappa shape index (κ1) is 18.3. The molecule has 0 bridgehead atoms. The number of benzene rings is 1. The molecule has 4 nitrogen and oxygen atoms in total. The first-order chi connectivity index (χ1) is 10.0. The summed E-state index contributed by atoms with van der Waals surface area (Å²) in [6, 6.07) is 6.57. The first-order valence-electron chi connectivity index (χ1n) is 7.84. The van der Waals surface area contributed by atoms with Crippen molar-refractivity contribution in [3.05, 3.63) is 29.3 Å². The number of rotatable bonds is 4. The summed E-state index contributed by atoms with van der Waals surface area (Å²) in [6.07, 6.45) is -0.307. The SMILES string of the molecule is Cc1ccc([C@@H](C)N(C)C(=O)OC(C)(C)C)cc1NC(C)C. The predicted octanol–water partition coefficient (Wildman–Crippen LogP) is 4.74. The van der Waals surface area contributed by atoms with Gasteiger partial charge in [0.25, 0.3) is 0 Å². The quantitative estimate of drug-likeness (QED) is 0.873. The molecule has 0 saturated carbocycles. The minimum Gasteiger partial charge on any atom is -0.444 e. The molecule has 22 heavy (non-hydrogen) atoms. The number of hydrogen-bond acceptors (Lipinski definition) is 3. The van der Waals surface area contributed by atoms with Crippen LogP contribution in [0.5, 0.6) is 0 Å². The molecule has 1 atom stereocenters. The Morgan fingerprint density at radius 2 is 1.82 bits per heavy atom. The smallest absolute Gasteiger partial charge is 0.410 e. The largest absolute Gasteiger partial charge is 0.444 e. The summed E-state index contributed by atoms with van der Waals surface area (Å²) in [6.45, 7) is 13.9. The average Bonchev–Trinajstić information content (AvgIpc) is 2.37. The van der Waals surface area contributed by atoms with Crippen LogP contribution in [0.1, 0.15) is 58.7 Å². The van der Waals surface area contributed by atoms with Crippen LogP contribution in [0.4, 0.5) is 10.5 Å². The van der Waals surface area contributed by atoms with Crippen molar-refractivity contribution in [3.8, 4) is 0 Å². The molecular formula is C18H30N2O2. The molecule has 0 aliphatic heterocycles. The van der Waals surface area contributed by atoms with Gasteiger partial charge >= 0.3 is 6.09 Å². The van der Waals surface area contributed by atoms with Crippen LogP contribution in [0.2, 0.25) is 0 Å². The molecule has 0 saturated heterocycles. The second kappa shape index (κ2) is 7.03. The topological polar surface area (TPSA) is 41.6 Å². The van der Waals surface area contributed by atoms with E-state index in [1.165, 1.54) is 5.56 Å². The van der Waals surface area contributed by atoms with E-state index < -0.39 is 5.60 Å². The molecular weight excluding hydrogens is 276 g/mol. The van der Waals surface area contributed by atoms with Gasteiger partial charge < -0.3 is 15.0 Å². The average molecular weight is 306 g/mol. The van der Waals surface area contributed by atoms with E-state index in [4.69, 9.17) is 4.74 Å². The zero-order valence-corrected chi connectivity index (χ0v) is 15.2. The van der Waals surface area contributed by atoms with Gasteiger partial charge in [-0.25, -0.2) is 4.79 Å². The lowest BCUT2D eigenvalue weighted by atomic mass is 10.0. The number of hydrogen-bond donors (Lipinski definition) is 1. The molecule has 124 valence electrons. The van der Waals surface area contributed by atoms with Gasteiger partial charge in [0, 0.05) is 18.8 Å². The number of carbonyl (C=O) groups excluding carboxylic acids is 1. The molecule has 0 aliphatic rings. The molecule has 0 heterocycles. The third-order valence-corrected chi connectivity index (χ3v) is 3.45. The number of amides is 1. The zero-order valence-electron chi connectivity index (χ0n) is 15.2. The Hall–Kier alpha value is -1.71. The van der Waals surface area contributed by atoms with E-state index in [9.17, 15) is 4.79 Å². The molecule has 0 fully saturated rings. The lowest BCUT2D eigenvalue weighted by Crippen LogP contribution is -2.35. The van der Waals surface area contributed by atoms with Gasteiger partial charge in [0.15, 0.2) is 0 Å². The van der Waals surface area contributed by atoms with Crippen LogP contribution in [0.15, 0.2) is 18.2 Å². The van der Waals surface area contributed by atoms with Crippen molar-refractivity contribution >= 4 is 11.8 Å². The van der Waals surface area contributed by atoms with Crippen molar-refractivity contribution in [1.82, 2.24) is 4.90 Å². The van der Waals surface area contributed by atoms with Crippen molar-refractivity contribution in [3.63, 3.8) is 0 Å². The fraction of sp³-hybridized carbons (Fsp3) is 0.611. The number of anilines is 1. The number of nitrogens with one attached hydrogen (secondary N) is 1. The van der Waals surface area contributed by atoms with Gasteiger partial charge in [-0.15, -0.1) is 0 Å². The summed E-state index contributed by atoms with van der Waals surface area (Å²) in [5, 5.41) is 3.44. The number of ether oxygens (including phenoxy) is 1. The zero-order chi connectivity index (χ0) is 17.1. The van der Waals surface area contributed by atoms with E-state index >= 15 is 0 Å². The standard InChI is InChI=1S/C18H30N2O2/c1-12(2)19-16-11-15(10-9-13(16)3)14(4)20(8)17(21)22-18(5,6)7/h9-12,14,19H,1-8H3/t14-/m1/s1. The van der Waals surface area contributed by atoms with Crippen LogP contribution in [0.3, 0.4) is 0 Å². The molecule has 1 aromatic rings. The maximum atomic E-state index is 12.2. The molecule has 0 unspecified atom stereocenters. The van der Waals surface area contributed by atoms with Crippen molar-refractivity contribution in [2.24, 2.45) is 0 Å². The van der Waals surface area contributed by atoms with Gasteiger partial charge in [0.1, 0.15) is 5.60 Å². The first-order valence-corrected chi connectivity index (χ1v) is 7.84. The van der Waals surface area contributed by atoms with Crippen LogP contribution in [0, 0.1) is 6.92 Å². The van der Waals surface area contributed by atoms with Crippen LogP contribution in [-0.2, 0) is 4.74 Å². The lowest BCUT2D eigenvalue weighted by Gasteiger charge is -2.29. The second-order valence-electron chi connectivity index (χ2n) is 7.14. The van der Waals surface area contributed by atoms with E-state index in [1.54, 1.807) is 11.9 Å². The number of aryl methyl sites for hydroxylation is 1. The molecule has 1 amide bonds. The van der Waals surface area contributed by atoms with Gasteiger partial charge in [-0.05, 0) is 65.7 Å². The normalized spacial score (nSPS) is 13.0. The van der Waals surface area contributed by atoms with Gasteiger partial charge in [0.05, 0.1) is 6.04 Å². The van der Waals surface area contributed by atoms with Crippen molar-refractivity contribution in [1.29, 1.82) is 0 Å². The molecule has 0 aliphatic carbocycles. The Morgan fingerprint density at radius 3 is 2.32 bits per heavy atom. The minimum absolute atomic E-state index is 0.0526. The van der Waals surface area contributed by atoms with E-state index in [2.05, 4.69) is 44.3 Å². The third kappa shape index (κ3) is 5.24. The van der Waals surface area contributed by atoms with E-state index in [0.717, 1.165) is 11.3 Å². The van der Waals surface area contributed by atoms with Crippen LogP contribution in [-0.4, -0.2) is 29.7 Å². The number of carbonyl (C=O) groups is 1. The predicted molar refractivity (Wildman–Crippen MR) is 92.3 cm³/mol. The summed E-state index contributed by atoms with van der Waals surface area (Å²) >= 11 is 0. The Bertz CT molecular complexity index is 518. The van der Waals surface area contributed by atoms with Gasteiger partial charge in [-0.2, -0.15) is 0 Å². The monoisotopic (exact) mass is 306 g/mol. The second-order valence-corrected chi connectivity index (χ2v) is 7.14.